The summed E-state index contributed by atoms with van der Waals surface area (Å²) in [6.45, 7) is 6.47. The summed E-state index contributed by atoms with van der Waals surface area (Å²) >= 11 is 0. The van der Waals surface area contributed by atoms with E-state index in [0.717, 1.165) is 13.1 Å². The largest absolute Gasteiger partial charge is 0.394 e. The number of rotatable bonds is 4. The van der Waals surface area contributed by atoms with Gasteiger partial charge in [-0.2, -0.15) is 0 Å². The summed E-state index contributed by atoms with van der Waals surface area (Å²) in [7, 11) is 0. The Bertz CT molecular complexity index is 306. The third-order valence-electron chi connectivity index (χ3n) is 3.57. The van der Waals surface area contributed by atoms with Crippen LogP contribution in [0.5, 0.6) is 0 Å². The maximum absolute atomic E-state index is 12.1. The average Bonchev–Trinajstić information content (AvgIpc) is 2.34. The number of hydrogen-bond donors (Lipinski definition) is 2. The molecule has 1 amide bonds. The lowest BCUT2D eigenvalue weighted by Gasteiger charge is -2.41. The minimum atomic E-state index is -0.272. The maximum Gasteiger partial charge on any atom is 0.249 e. The molecule has 0 bridgehead atoms. The Balaban J connectivity index is 1.82. The number of hydrogen-bond acceptors (Lipinski definition) is 5. The molecule has 2 atom stereocenters. The molecule has 6 nitrogen and oxygen atoms in total. The number of aliphatic hydroxyl groups excluding tert-OH is 1. The summed E-state index contributed by atoms with van der Waals surface area (Å²) in [5.41, 5.74) is -0.207. The number of aliphatic hydroxyl groups is 1. The van der Waals surface area contributed by atoms with Gasteiger partial charge >= 0.3 is 0 Å². The fraction of sp³-hybridized carbons (Fsp3) is 0.917. The fourth-order valence-corrected chi connectivity index (χ4v) is 2.17. The molecule has 0 saturated carbocycles. The standard InChI is InChI=1S/C12H22N2O4/c1-9-5-17-10(4-15)3-14(9)11(16)6-18-12(2)7-13-8-12/h9-10,13,15H,3-8H2,1-2H3. The number of carbonyl (C=O) groups is 1. The number of nitrogens with zero attached hydrogens (tertiary/aromatic N) is 1. The van der Waals surface area contributed by atoms with E-state index >= 15 is 0 Å². The predicted molar refractivity (Wildman–Crippen MR) is 65.2 cm³/mol. The Morgan fingerprint density at radius 3 is 2.89 bits per heavy atom. The van der Waals surface area contributed by atoms with E-state index < -0.39 is 0 Å². The van der Waals surface area contributed by atoms with Crippen LogP contribution in [0.25, 0.3) is 0 Å². The van der Waals surface area contributed by atoms with Gasteiger partial charge in [0.1, 0.15) is 6.61 Å². The molecule has 2 N–H and O–H groups in total. The monoisotopic (exact) mass is 258 g/mol. The van der Waals surface area contributed by atoms with Gasteiger partial charge in [-0.15, -0.1) is 0 Å². The van der Waals surface area contributed by atoms with E-state index in [9.17, 15) is 4.79 Å². The highest BCUT2D eigenvalue weighted by atomic mass is 16.5. The van der Waals surface area contributed by atoms with Gasteiger partial charge in [0.2, 0.25) is 5.91 Å². The average molecular weight is 258 g/mol. The Morgan fingerprint density at radius 2 is 2.33 bits per heavy atom. The second-order valence-electron chi connectivity index (χ2n) is 5.38. The van der Waals surface area contributed by atoms with Gasteiger partial charge in [-0.3, -0.25) is 4.79 Å². The van der Waals surface area contributed by atoms with Crippen molar-refractivity contribution in [1.82, 2.24) is 10.2 Å². The molecule has 0 aromatic heterocycles. The van der Waals surface area contributed by atoms with Crippen molar-refractivity contribution in [1.29, 1.82) is 0 Å². The molecule has 104 valence electrons. The highest BCUT2D eigenvalue weighted by molar-refractivity contribution is 5.78. The van der Waals surface area contributed by atoms with Crippen LogP contribution in [0.4, 0.5) is 0 Å². The van der Waals surface area contributed by atoms with Crippen molar-refractivity contribution in [2.75, 3.05) is 39.5 Å². The Labute approximate surface area is 107 Å². The van der Waals surface area contributed by atoms with E-state index in [2.05, 4.69) is 5.32 Å². The van der Waals surface area contributed by atoms with Crippen molar-refractivity contribution < 1.29 is 19.4 Å². The van der Waals surface area contributed by atoms with E-state index in [1.165, 1.54) is 0 Å². The molecule has 6 heteroatoms. The van der Waals surface area contributed by atoms with Crippen LogP contribution >= 0.6 is 0 Å². The van der Waals surface area contributed by atoms with Gasteiger partial charge in [-0.1, -0.05) is 0 Å². The topological polar surface area (TPSA) is 71.0 Å². The smallest absolute Gasteiger partial charge is 0.249 e. The summed E-state index contributed by atoms with van der Waals surface area (Å²) in [6.07, 6.45) is -0.272. The summed E-state index contributed by atoms with van der Waals surface area (Å²) < 4.78 is 11.0. The van der Waals surface area contributed by atoms with Gasteiger partial charge in [-0.25, -0.2) is 0 Å². The second kappa shape index (κ2) is 5.52. The normalized spacial score (nSPS) is 30.9. The van der Waals surface area contributed by atoms with Gasteiger partial charge in [0.15, 0.2) is 0 Å². The van der Waals surface area contributed by atoms with E-state index in [1.54, 1.807) is 4.90 Å². The number of ether oxygens (including phenoxy) is 2. The molecule has 2 saturated heterocycles. The lowest BCUT2D eigenvalue weighted by Crippen LogP contribution is -2.60. The first-order chi connectivity index (χ1) is 8.54. The van der Waals surface area contributed by atoms with E-state index in [4.69, 9.17) is 14.6 Å². The minimum Gasteiger partial charge on any atom is -0.394 e. The molecule has 2 heterocycles. The van der Waals surface area contributed by atoms with Crippen molar-refractivity contribution in [3.8, 4) is 0 Å². The van der Waals surface area contributed by atoms with Crippen molar-refractivity contribution >= 4 is 5.91 Å². The zero-order valence-corrected chi connectivity index (χ0v) is 11.0. The molecular weight excluding hydrogens is 236 g/mol. The third kappa shape index (κ3) is 3.00. The van der Waals surface area contributed by atoms with Gasteiger partial charge < -0.3 is 24.8 Å². The number of carbonyl (C=O) groups excluding carboxylic acids is 1. The molecule has 0 aromatic carbocycles. The lowest BCUT2D eigenvalue weighted by atomic mass is 10.0. The first-order valence-corrected chi connectivity index (χ1v) is 6.41. The SMILES string of the molecule is CC1COC(CO)CN1C(=O)COC1(C)CNC1. The zero-order chi connectivity index (χ0) is 13.2. The Kier molecular flexibility index (Phi) is 4.21. The molecule has 2 aliphatic heterocycles. The highest BCUT2D eigenvalue weighted by Crippen LogP contribution is 2.17. The predicted octanol–water partition coefficient (Wildman–Crippen LogP) is -1.03. The van der Waals surface area contributed by atoms with E-state index in [1.807, 2.05) is 13.8 Å². The minimum absolute atomic E-state index is 0.0302. The van der Waals surface area contributed by atoms with Gasteiger partial charge in [0.05, 0.1) is 31.0 Å². The van der Waals surface area contributed by atoms with Crippen LogP contribution in [0.15, 0.2) is 0 Å². The molecule has 0 aromatic rings. The molecule has 2 rings (SSSR count). The maximum atomic E-state index is 12.1. The van der Waals surface area contributed by atoms with Gasteiger partial charge in [-0.05, 0) is 13.8 Å². The van der Waals surface area contributed by atoms with Crippen LogP contribution in [0.3, 0.4) is 0 Å². The number of nitrogens with one attached hydrogen (secondary N) is 1. The molecule has 0 aliphatic carbocycles. The van der Waals surface area contributed by atoms with E-state index in [0.29, 0.717) is 13.2 Å². The van der Waals surface area contributed by atoms with Crippen molar-refractivity contribution in [2.45, 2.75) is 31.6 Å². The van der Waals surface area contributed by atoms with Crippen LogP contribution in [0.1, 0.15) is 13.8 Å². The molecule has 0 spiro atoms. The first-order valence-electron chi connectivity index (χ1n) is 6.41. The van der Waals surface area contributed by atoms with Gasteiger partial charge in [0, 0.05) is 19.6 Å². The molecule has 0 radical (unpaired) electrons. The summed E-state index contributed by atoms with van der Waals surface area (Å²) in [4.78, 5) is 13.8. The molecule has 18 heavy (non-hydrogen) atoms. The van der Waals surface area contributed by atoms with Crippen LogP contribution in [-0.4, -0.2) is 73.1 Å². The molecule has 2 fully saturated rings. The van der Waals surface area contributed by atoms with Crippen molar-refractivity contribution in [3.05, 3.63) is 0 Å². The van der Waals surface area contributed by atoms with Crippen LogP contribution in [-0.2, 0) is 14.3 Å². The van der Waals surface area contributed by atoms with Crippen molar-refractivity contribution in [2.24, 2.45) is 0 Å². The van der Waals surface area contributed by atoms with E-state index in [-0.39, 0.29) is 36.9 Å². The van der Waals surface area contributed by atoms with Crippen LogP contribution in [0, 0.1) is 0 Å². The quantitative estimate of drug-likeness (QED) is 0.675. The highest BCUT2D eigenvalue weighted by Gasteiger charge is 2.35. The van der Waals surface area contributed by atoms with Gasteiger partial charge in [0.25, 0.3) is 0 Å². The summed E-state index contributed by atoms with van der Waals surface area (Å²) in [6, 6.07) is 0.0382. The van der Waals surface area contributed by atoms with Crippen LogP contribution < -0.4 is 5.32 Å². The molecular formula is C12H22N2O4. The number of amides is 1. The lowest BCUT2D eigenvalue weighted by molar-refractivity contribution is -0.159. The summed E-state index contributed by atoms with van der Waals surface area (Å²) in [5, 5.41) is 12.2. The second-order valence-corrected chi connectivity index (χ2v) is 5.38. The Morgan fingerprint density at radius 1 is 1.61 bits per heavy atom. The number of morpholine rings is 1. The fourth-order valence-electron chi connectivity index (χ4n) is 2.17. The Hall–Kier alpha value is -0.690. The first kappa shape index (κ1) is 13.7. The molecule has 2 unspecified atom stereocenters. The van der Waals surface area contributed by atoms with Crippen LogP contribution in [0.2, 0.25) is 0 Å². The zero-order valence-electron chi connectivity index (χ0n) is 11.0. The third-order valence-corrected chi connectivity index (χ3v) is 3.57. The molecule has 2 aliphatic rings. The van der Waals surface area contributed by atoms with Crippen molar-refractivity contribution in [3.63, 3.8) is 0 Å². The summed E-state index contributed by atoms with van der Waals surface area (Å²) in [5.74, 6) is -0.0302.